The first-order chi connectivity index (χ1) is 6.57. The van der Waals surface area contributed by atoms with Crippen LogP contribution in [0.4, 0.5) is 8.78 Å². The Morgan fingerprint density at radius 1 is 1.64 bits per heavy atom. The molecule has 0 saturated heterocycles. The fourth-order valence-electron chi connectivity index (χ4n) is 1.15. The lowest BCUT2D eigenvalue weighted by atomic mass is 10.1. The van der Waals surface area contributed by atoms with Crippen molar-refractivity contribution >= 4 is 11.6 Å². The molecule has 5 heteroatoms. The molecule has 0 aliphatic rings. The molecule has 1 aromatic rings. The Labute approximate surface area is 85.1 Å². The quantitative estimate of drug-likeness (QED) is 0.762. The van der Waals surface area contributed by atoms with Gasteiger partial charge in [0.05, 0.1) is 17.5 Å². The van der Waals surface area contributed by atoms with Crippen molar-refractivity contribution in [3.05, 3.63) is 28.0 Å². The minimum atomic E-state index is -2.63. The summed E-state index contributed by atoms with van der Waals surface area (Å²) in [5.41, 5.74) is 0.424. The molecule has 1 heterocycles. The highest BCUT2D eigenvalue weighted by Gasteiger charge is 2.16. The molecule has 0 bridgehead atoms. The summed E-state index contributed by atoms with van der Waals surface area (Å²) in [5, 5.41) is 8.74. The number of rotatable bonds is 2. The molecule has 0 aromatic carbocycles. The molecular weight excluding hydrogens is 210 g/mol. The molecule has 0 radical (unpaired) electrons. The second kappa shape index (κ2) is 4.34. The zero-order chi connectivity index (χ0) is 10.7. The molecule has 0 saturated carbocycles. The Balaban J connectivity index is 3.27. The van der Waals surface area contributed by atoms with Gasteiger partial charge in [-0.25, -0.2) is 8.78 Å². The topological polar surface area (TPSA) is 36.7 Å². The first-order valence-electron chi connectivity index (χ1n) is 3.87. The van der Waals surface area contributed by atoms with Crippen molar-refractivity contribution in [2.45, 2.75) is 19.8 Å². The van der Waals surface area contributed by atoms with Crippen molar-refractivity contribution in [2.24, 2.45) is 0 Å². The third kappa shape index (κ3) is 1.99. The Kier molecular flexibility index (Phi) is 3.37. The van der Waals surface area contributed by atoms with Crippen LogP contribution in [0.5, 0.6) is 0 Å². The minimum Gasteiger partial charge on any atom is -0.253 e. The average molecular weight is 217 g/mol. The van der Waals surface area contributed by atoms with E-state index in [2.05, 4.69) is 4.98 Å². The molecule has 0 aliphatic carbocycles. The molecule has 0 atom stereocenters. The van der Waals surface area contributed by atoms with Gasteiger partial charge in [-0.15, -0.1) is 0 Å². The van der Waals surface area contributed by atoms with Gasteiger partial charge in [0.25, 0.3) is 6.43 Å². The van der Waals surface area contributed by atoms with E-state index in [1.54, 1.807) is 0 Å². The van der Waals surface area contributed by atoms with Crippen LogP contribution in [0.2, 0.25) is 5.02 Å². The second-order valence-electron chi connectivity index (χ2n) is 2.73. The Morgan fingerprint density at radius 3 is 2.79 bits per heavy atom. The van der Waals surface area contributed by atoms with Gasteiger partial charge in [0, 0.05) is 6.20 Å². The molecule has 0 N–H and O–H groups in total. The predicted molar refractivity (Wildman–Crippen MR) is 48.3 cm³/mol. The van der Waals surface area contributed by atoms with Crippen LogP contribution in [0.3, 0.4) is 0 Å². The molecule has 0 spiro atoms. The van der Waals surface area contributed by atoms with Gasteiger partial charge in [0.1, 0.15) is 5.69 Å². The van der Waals surface area contributed by atoms with Gasteiger partial charge in [-0.1, -0.05) is 11.6 Å². The first-order valence-corrected chi connectivity index (χ1v) is 4.24. The minimum absolute atomic E-state index is 0.0207. The summed E-state index contributed by atoms with van der Waals surface area (Å²) in [6, 6.07) is 1.87. The highest BCUT2D eigenvalue weighted by molar-refractivity contribution is 6.31. The van der Waals surface area contributed by atoms with E-state index in [1.165, 1.54) is 6.92 Å². The number of halogens is 3. The van der Waals surface area contributed by atoms with E-state index >= 15 is 0 Å². The smallest absolute Gasteiger partial charge is 0.253 e. The summed E-state index contributed by atoms with van der Waals surface area (Å²) >= 11 is 5.73. The fraction of sp³-hybridized carbons (Fsp3) is 0.333. The summed E-state index contributed by atoms with van der Waals surface area (Å²) in [4.78, 5) is 3.53. The van der Waals surface area contributed by atoms with Crippen LogP contribution >= 0.6 is 11.6 Å². The molecular formula is C9H7ClF2N2. The number of hydrogen-bond donors (Lipinski definition) is 0. The lowest BCUT2D eigenvalue weighted by Crippen LogP contribution is -2.00. The number of nitrogens with zero attached hydrogens (tertiary/aromatic N) is 2. The maximum Gasteiger partial charge on any atom is 0.280 e. The van der Waals surface area contributed by atoms with Gasteiger partial charge in [0.2, 0.25) is 0 Å². The zero-order valence-corrected chi connectivity index (χ0v) is 8.15. The first kappa shape index (κ1) is 10.9. The van der Waals surface area contributed by atoms with Gasteiger partial charge in [-0.2, -0.15) is 5.26 Å². The second-order valence-corrected chi connectivity index (χ2v) is 3.14. The summed E-state index contributed by atoms with van der Waals surface area (Å²) < 4.78 is 24.8. The van der Waals surface area contributed by atoms with E-state index in [9.17, 15) is 8.78 Å². The van der Waals surface area contributed by atoms with Crippen molar-refractivity contribution in [3.8, 4) is 6.07 Å². The maximum atomic E-state index is 12.4. The standard InChI is InChI=1S/C9H7ClF2N2/c1-5-6(2-3-13)7(10)4-14-8(5)9(11)12/h4,9H,2H2,1H3. The SMILES string of the molecule is Cc1c(C(F)F)ncc(Cl)c1CC#N. The summed E-state index contributed by atoms with van der Waals surface area (Å²) in [6.45, 7) is 1.49. The van der Waals surface area contributed by atoms with E-state index in [1.807, 2.05) is 6.07 Å². The van der Waals surface area contributed by atoms with E-state index in [4.69, 9.17) is 16.9 Å². The number of alkyl halides is 2. The molecule has 1 aromatic heterocycles. The van der Waals surface area contributed by atoms with Gasteiger partial charge in [-0.05, 0) is 18.1 Å². The third-order valence-electron chi connectivity index (χ3n) is 1.90. The van der Waals surface area contributed by atoms with Crippen molar-refractivity contribution in [1.29, 1.82) is 5.26 Å². The average Bonchev–Trinajstić information content (AvgIpc) is 2.11. The fourth-order valence-corrected chi connectivity index (χ4v) is 1.41. The molecule has 1 rings (SSSR count). The summed E-state index contributed by atoms with van der Waals surface area (Å²) in [7, 11) is 0. The normalized spacial score (nSPS) is 10.3. The summed E-state index contributed by atoms with van der Waals surface area (Å²) in [6.07, 6.45) is -1.46. The van der Waals surface area contributed by atoms with Crippen molar-refractivity contribution in [1.82, 2.24) is 4.98 Å². The lowest BCUT2D eigenvalue weighted by molar-refractivity contribution is 0.145. The van der Waals surface area contributed by atoms with Crippen LogP contribution in [0.15, 0.2) is 6.20 Å². The van der Waals surface area contributed by atoms with Crippen LogP contribution in [0.1, 0.15) is 23.2 Å². The molecule has 2 nitrogen and oxygen atoms in total. The van der Waals surface area contributed by atoms with Gasteiger partial charge < -0.3 is 0 Å². The lowest BCUT2D eigenvalue weighted by Gasteiger charge is -2.08. The Morgan fingerprint density at radius 2 is 2.29 bits per heavy atom. The van der Waals surface area contributed by atoms with E-state index in [0.29, 0.717) is 11.1 Å². The molecule has 0 fully saturated rings. The Hall–Kier alpha value is -1.21. The number of hydrogen-bond acceptors (Lipinski definition) is 2. The van der Waals surface area contributed by atoms with Crippen molar-refractivity contribution in [3.63, 3.8) is 0 Å². The van der Waals surface area contributed by atoms with Gasteiger partial charge in [0.15, 0.2) is 0 Å². The van der Waals surface area contributed by atoms with Crippen LogP contribution in [0, 0.1) is 18.3 Å². The van der Waals surface area contributed by atoms with Crippen LogP contribution in [-0.2, 0) is 6.42 Å². The van der Waals surface area contributed by atoms with Crippen LogP contribution < -0.4 is 0 Å². The highest BCUT2D eigenvalue weighted by Crippen LogP contribution is 2.27. The predicted octanol–water partition coefficient (Wildman–Crippen LogP) is 3.05. The maximum absolute atomic E-state index is 12.4. The number of nitriles is 1. The number of pyridine rings is 1. The van der Waals surface area contributed by atoms with Crippen LogP contribution in [0.25, 0.3) is 0 Å². The molecule has 0 amide bonds. The molecule has 0 unspecified atom stereocenters. The van der Waals surface area contributed by atoms with Crippen molar-refractivity contribution in [2.75, 3.05) is 0 Å². The van der Waals surface area contributed by atoms with Crippen molar-refractivity contribution < 1.29 is 8.78 Å². The van der Waals surface area contributed by atoms with E-state index in [-0.39, 0.29) is 17.1 Å². The van der Waals surface area contributed by atoms with E-state index in [0.717, 1.165) is 6.20 Å². The van der Waals surface area contributed by atoms with E-state index < -0.39 is 6.43 Å². The van der Waals surface area contributed by atoms with Crippen LogP contribution in [-0.4, -0.2) is 4.98 Å². The Bertz CT molecular complexity index is 385. The summed E-state index contributed by atoms with van der Waals surface area (Å²) in [5.74, 6) is 0. The van der Waals surface area contributed by atoms with Gasteiger partial charge in [-0.3, -0.25) is 4.98 Å². The number of aromatic nitrogens is 1. The third-order valence-corrected chi connectivity index (χ3v) is 2.23. The molecule has 0 aliphatic heterocycles. The molecule has 14 heavy (non-hydrogen) atoms. The zero-order valence-electron chi connectivity index (χ0n) is 7.39. The van der Waals surface area contributed by atoms with Gasteiger partial charge >= 0.3 is 0 Å². The monoisotopic (exact) mass is 216 g/mol. The largest absolute Gasteiger partial charge is 0.280 e. The molecule has 74 valence electrons. The highest BCUT2D eigenvalue weighted by atomic mass is 35.5.